The van der Waals surface area contributed by atoms with Gasteiger partial charge in [0.1, 0.15) is 0 Å². The number of ether oxygens (including phenoxy) is 1. The van der Waals surface area contributed by atoms with Crippen molar-refractivity contribution in [1.29, 1.82) is 0 Å². The van der Waals surface area contributed by atoms with Gasteiger partial charge in [-0.05, 0) is 61.8 Å². The van der Waals surface area contributed by atoms with E-state index < -0.39 is 0 Å². The quantitative estimate of drug-likeness (QED) is 0.660. The molecule has 1 aliphatic rings. The van der Waals surface area contributed by atoms with Crippen molar-refractivity contribution in [2.75, 3.05) is 13.2 Å². The molecular weight excluding hydrogens is 246 g/mol. The van der Waals surface area contributed by atoms with Gasteiger partial charge in [0, 0.05) is 6.61 Å². The molecule has 1 saturated carbocycles. The van der Waals surface area contributed by atoms with Crippen LogP contribution >= 0.6 is 0 Å². The summed E-state index contributed by atoms with van der Waals surface area (Å²) in [5, 5.41) is 0. The Morgan fingerprint density at radius 3 is 2.50 bits per heavy atom. The molecule has 0 bridgehead atoms. The molecule has 0 aromatic heterocycles. The lowest BCUT2D eigenvalue weighted by molar-refractivity contribution is -0.0451. The molecule has 2 N–H and O–H groups in total. The molecule has 2 heteroatoms. The molecule has 3 unspecified atom stereocenters. The molecule has 2 nitrogen and oxygen atoms in total. The molecule has 0 saturated heterocycles. The molecule has 0 radical (unpaired) electrons. The molecule has 0 aromatic rings. The third-order valence-electron chi connectivity index (χ3n) is 5.51. The van der Waals surface area contributed by atoms with E-state index in [1.54, 1.807) is 0 Å². The monoisotopic (exact) mass is 283 g/mol. The number of rotatable bonds is 8. The van der Waals surface area contributed by atoms with Crippen LogP contribution in [0.25, 0.3) is 0 Å². The van der Waals surface area contributed by atoms with Crippen molar-refractivity contribution in [2.45, 2.75) is 79.2 Å². The molecule has 1 rings (SSSR count). The van der Waals surface area contributed by atoms with E-state index in [0.717, 1.165) is 25.0 Å². The van der Waals surface area contributed by atoms with Crippen molar-refractivity contribution in [3.05, 3.63) is 0 Å². The van der Waals surface area contributed by atoms with Crippen LogP contribution in [0, 0.1) is 23.2 Å². The minimum atomic E-state index is 0.400. The van der Waals surface area contributed by atoms with E-state index in [1.807, 2.05) is 0 Å². The fraction of sp³-hybridized carbons (Fsp3) is 1.00. The lowest BCUT2D eigenvalue weighted by Crippen LogP contribution is -2.40. The molecule has 0 spiro atoms. The Morgan fingerprint density at radius 1 is 1.25 bits per heavy atom. The Balaban J connectivity index is 2.47. The fourth-order valence-corrected chi connectivity index (χ4v) is 3.39. The highest BCUT2D eigenvalue weighted by Crippen LogP contribution is 2.42. The van der Waals surface area contributed by atoms with Gasteiger partial charge in [0.15, 0.2) is 0 Å². The molecular formula is C18H37NO. The summed E-state index contributed by atoms with van der Waals surface area (Å²) >= 11 is 0. The zero-order chi connectivity index (χ0) is 15.2. The van der Waals surface area contributed by atoms with Crippen molar-refractivity contribution < 1.29 is 4.74 Å². The van der Waals surface area contributed by atoms with E-state index in [-0.39, 0.29) is 0 Å². The Morgan fingerprint density at radius 2 is 1.95 bits per heavy atom. The average molecular weight is 284 g/mol. The largest absolute Gasteiger partial charge is 0.378 e. The summed E-state index contributed by atoms with van der Waals surface area (Å²) in [5.41, 5.74) is 6.40. The van der Waals surface area contributed by atoms with Gasteiger partial charge in [0.2, 0.25) is 0 Å². The maximum absolute atomic E-state index is 6.23. The SMILES string of the molecule is CCC(C)(C)C1CCC(CN)C(OCCCC(C)C)C1. The van der Waals surface area contributed by atoms with Gasteiger partial charge in [-0.2, -0.15) is 0 Å². The van der Waals surface area contributed by atoms with Gasteiger partial charge >= 0.3 is 0 Å². The van der Waals surface area contributed by atoms with Gasteiger partial charge in [-0.3, -0.25) is 0 Å². The lowest BCUT2D eigenvalue weighted by atomic mass is 9.66. The summed E-state index contributed by atoms with van der Waals surface area (Å²) in [6.45, 7) is 13.4. The second-order valence-corrected chi connectivity index (χ2v) is 7.79. The van der Waals surface area contributed by atoms with E-state index in [2.05, 4.69) is 34.6 Å². The molecule has 20 heavy (non-hydrogen) atoms. The molecule has 3 atom stereocenters. The lowest BCUT2D eigenvalue weighted by Gasteiger charge is -2.42. The first-order chi connectivity index (χ1) is 9.40. The first-order valence-corrected chi connectivity index (χ1v) is 8.72. The van der Waals surface area contributed by atoms with Crippen molar-refractivity contribution in [3.8, 4) is 0 Å². The van der Waals surface area contributed by atoms with E-state index in [4.69, 9.17) is 10.5 Å². The number of nitrogens with two attached hydrogens (primary N) is 1. The third-order valence-corrected chi connectivity index (χ3v) is 5.51. The van der Waals surface area contributed by atoms with Gasteiger partial charge in [-0.15, -0.1) is 0 Å². The highest BCUT2D eigenvalue weighted by molar-refractivity contribution is 4.88. The van der Waals surface area contributed by atoms with E-state index in [9.17, 15) is 0 Å². The van der Waals surface area contributed by atoms with Crippen LogP contribution in [-0.4, -0.2) is 19.3 Å². The first-order valence-electron chi connectivity index (χ1n) is 8.72. The molecule has 1 fully saturated rings. The third kappa shape index (κ3) is 5.37. The standard InChI is InChI=1S/C18H37NO/c1-6-18(4,5)16-10-9-15(13-19)17(12-16)20-11-7-8-14(2)3/h14-17H,6-13,19H2,1-5H3. The predicted octanol–water partition coefficient (Wildman–Crippen LogP) is 4.62. The van der Waals surface area contributed by atoms with Gasteiger partial charge in [-0.25, -0.2) is 0 Å². The zero-order valence-electron chi connectivity index (χ0n) is 14.5. The summed E-state index contributed by atoms with van der Waals surface area (Å²) in [6.07, 6.45) is 7.90. The summed E-state index contributed by atoms with van der Waals surface area (Å²) in [5.74, 6) is 2.16. The average Bonchev–Trinajstić information content (AvgIpc) is 2.43. The summed E-state index contributed by atoms with van der Waals surface area (Å²) in [6, 6.07) is 0. The van der Waals surface area contributed by atoms with E-state index in [1.165, 1.54) is 38.5 Å². The Hall–Kier alpha value is -0.0800. The van der Waals surface area contributed by atoms with Crippen molar-refractivity contribution in [2.24, 2.45) is 28.9 Å². The molecule has 0 aliphatic heterocycles. The Labute approximate surface area is 126 Å². The van der Waals surface area contributed by atoms with Crippen LogP contribution < -0.4 is 5.73 Å². The smallest absolute Gasteiger partial charge is 0.0618 e. The van der Waals surface area contributed by atoms with Crippen LogP contribution in [0.15, 0.2) is 0 Å². The molecule has 0 heterocycles. The fourth-order valence-electron chi connectivity index (χ4n) is 3.39. The van der Waals surface area contributed by atoms with Crippen molar-refractivity contribution in [1.82, 2.24) is 0 Å². The highest BCUT2D eigenvalue weighted by Gasteiger charge is 2.37. The Bertz CT molecular complexity index is 262. The second kappa shape index (κ2) is 8.38. The van der Waals surface area contributed by atoms with Crippen molar-refractivity contribution >= 4 is 0 Å². The van der Waals surface area contributed by atoms with Gasteiger partial charge in [0.25, 0.3) is 0 Å². The van der Waals surface area contributed by atoms with E-state index >= 15 is 0 Å². The first kappa shape index (κ1) is 18.0. The maximum Gasteiger partial charge on any atom is 0.0618 e. The van der Waals surface area contributed by atoms with Crippen LogP contribution in [-0.2, 0) is 4.74 Å². The minimum Gasteiger partial charge on any atom is -0.378 e. The number of hydrogen-bond acceptors (Lipinski definition) is 2. The minimum absolute atomic E-state index is 0.400. The predicted molar refractivity (Wildman–Crippen MR) is 87.8 cm³/mol. The topological polar surface area (TPSA) is 35.2 Å². The van der Waals surface area contributed by atoms with Crippen molar-refractivity contribution in [3.63, 3.8) is 0 Å². The molecule has 0 amide bonds. The van der Waals surface area contributed by atoms with Crippen LogP contribution in [0.3, 0.4) is 0 Å². The molecule has 120 valence electrons. The molecule has 0 aromatic carbocycles. The zero-order valence-corrected chi connectivity index (χ0v) is 14.5. The molecule has 1 aliphatic carbocycles. The van der Waals surface area contributed by atoms with Gasteiger partial charge in [-0.1, -0.05) is 41.0 Å². The van der Waals surface area contributed by atoms with Crippen LogP contribution in [0.1, 0.15) is 73.1 Å². The van der Waals surface area contributed by atoms with Gasteiger partial charge < -0.3 is 10.5 Å². The summed E-state index contributed by atoms with van der Waals surface area (Å²) < 4.78 is 6.23. The van der Waals surface area contributed by atoms with E-state index in [0.29, 0.717) is 17.4 Å². The maximum atomic E-state index is 6.23. The highest BCUT2D eigenvalue weighted by atomic mass is 16.5. The van der Waals surface area contributed by atoms with Crippen LogP contribution in [0.2, 0.25) is 0 Å². The summed E-state index contributed by atoms with van der Waals surface area (Å²) in [4.78, 5) is 0. The number of hydrogen-bond donors (Lipinski definition) is 1. The van der Waals surface area contributed by atoms with Gasteiger partial charge in [0.05, 0.1) is 6.10 Å². The van der Waals surface area contributed by atoms with Crippen LogP contribution in [0.4, 0.5) is 0 Å². The summed E-state index contributed by atoms with van der Waals surface area (Å²) in [7, 11) is 0. The normalized spacial score (nSPS) is 28.1. The Kier molecular flexibility index (Phi) is 7.53. The van der Waals surface area contributed by atoms with Crippen LogP contribution in [0.5, 0.6) is 0 Å². The second-order valence-electron chi connectivity index (χ2n) is 7.79.